The Kier molecular flexibility index (Phi) is 3.28. The van der Waals surface area contributed by atoms with E-state index in [-0.39, 0.29) is 6.61 Å². The molecule has 0 aliphatic heterocycles. The Labute approximate surface area is 149 Å². The summed E-state index contributed by atoms with van der Waals surface area (Å²) in [6.45, 7) is 1.23. The Morgan fingerprint density at radius 3 is 3.04 bits per heavy atom. The second-order valence-electron chi connectivity index (χ2n) is 4.31. The number of anilines is 1. The minimum absolute atomic E-state index is 0.187. The third-order valence-electron chi connectivity index (χ3n) is 2.73. The van der Waals surface area contributed by atoms with Crippen molar-refractivity contribution < 1.29 is 31.9 Å². The highest BCUT2D eigenvalue weighted by atomic mass is 35.5. The zero-order chi connectivity index (χ0) is 23.2. The Morgan fingerprint density at radius 2 is 2.35 bits per heavy atom. The van der Waals surface area contributed by atoms with E-state index in [9.17, 15) is 17.6 Å². The molecule has 8 heteroatoms. The molecular formula is C15H17ClFNO4S. The van der Waals surface area contributed by atoms with E-state index in [1.54, 1.807) is 4.72 Å². The Bertz CT molecular complexity index is 1000. The average Bonchev–Trinajstić information content (AvgIpc) is 2.59. The SMILES string of the molecule is [2H]c1c([2H])c(NS(=O)(=O)[C@H]2C(C(=O)OCC)=CC([2H])([2H])CC2([2H])[2H])c(Cl)c([2H])c1F. The predicted octanol–water partition coefficient (Wildman–Crippen LogP) is 3.26. The van der Waals surface area contributed by atoms with E-state index in [4.69, 9.17) is 25.9 Å². The van der Waals surface area contributed by atoms with Gasteiger partial charge in [-0.25, -0.2) is 17.6 Å². The number of allylic oxidation sites excluding steroid dienone is 1. The normalized spacial score (nSPS) is 27.0. The maximum atomic E-state index is 13.8. The molecule has 1 aromatic carbocycles. The van der Waals surface area contributed by atoms with Gasteiger partial charge in [-0.05, 0) is 44.2 Å². The van der Waals surface area contributed by atoms with Crippen LogP contribution in [0.4, 0.5) is 10.1 Å². The summed E-state index contributed by atoms with van der Waals surface area (Å²) in [6, 6.07) is -3.14. The number of sulfonamides is 1. The fourth-order valence-electron chi connectivity index (χ4n) is 1.79. The number of ether oxygens (including phenoxy) is 1. The van der Waals surface area contributed by atoms with Crippen molar-refractivity contribution in [1.82, 2.24) is 0 Å². The molecule has 1 aliphatic rings. The molecule has 1 N–H and O–H groups in total. The lowest BCUT2D eigenvalue weighted by atomic mass is 9.99. The Morgan fingerprint density at radius 1 is 1.61 bits per heavy atom. The topological polar surface area (TPSA) is 72.5 Å². The van der Waals surface area contributed by atoms with Crippen molar-refractivity contribution in [2.24, 2.45) is 0 Å². The molecule has 1 aromatic rings. The number of rotatable bonds is 5. The first-order chi connectivity index (χ1) is 13.6. The van der Waals surface area contributed by atoms with Crippen LogP contribution in [0.2, 0.25) is 5.02 Å². The molecule has 0 fully saturated rings. The van der Waals surface area contributed by atoms with E-state index in [1.807, 2.05) is 0 Å². The number of benzene rings is 1. The summed E-state index contributed by atoms with van der Waals surface area (Å²) in [4.78, 5) is 12.3. The minimum atomic E-state index is -4.95. The number of hydrogen-bond acceptors (Lipinski definition) is 4. The molecule has 0 unspecified atom stereocenters. The number of halogens is 2. The van der Waals surface area contributed by atoms with E-state index in [1.165, 1.54) is 6.92 Å². The molecule has 0 aromatic heterocycles. The first-order valence-electron chi connectivity index (χ1n) is 9.92. The van der Waals surface area contributed by atoms with Crippen LogP contribution < -0.4 is 4.72 Å². The summed E-state index contributed by atoms with van der Waals surface area (Å²) in [7, 11) is -4.95. The van der Waals surface area contributed by atoms with Crippen LogP contribution in [-0.4, -0.2) is 26.2 Å². The lowest BCUT2D eigenvalue weighted by molar-refractivity contribution is -0.138. The summed E-state index contributed by atoms with van der Waals surface area (Å²) >= 11 is 5.77. The average molecular weight is 369 g/mol. The molecule has 0 spiro atoms. The Balaban J connectivity index is 2.66. The van der Waals surface area contributed by atoms with Gasteiger partial charge in [-0.1, -0.05) is 17.7 Å². The second-order valence-corrected chi connectivity index (χ2v) is 6.45. The van der Waals surface area contributed by atoms with E-state index in [2.05, 4.69) is 0 Å². The van der Waals surface area contributed by atoms with Gasteiger partial charge in [0.25, 0.3) is 0 Å². The van der Waals surface area contributed by atoms with Gasteiger partial charge in [0.1, 0.15) is 11.1 Å². The lowest BCUT2D eigenvalue weighted by Crippen LogP contribution is -2.34. The van der Waals surface area contributed by atoms with E-state index in [0.29, 0.717) is 6.08 Å². The van der Waals surface area contributed by atoms with Gasteiger partial charge in [-0.15, -0.1) is 0 Å². The smallest absolute Gasteiger partial charge is 0.335 e. The highest BCUT2D eigenvalue weighted by Crippen LogP contribution is 2.30. The Hall–Kier alpha value is -1.60. The first-order valence-corrected chi connectivity index (χ1v) is 8.34. The summed E-state index contributed by atoms with van der Waals surface area (Å²) in [5.41, 5.74) is -1.63. The second kappa shape index (κ2) is 7.31. The van der Waals surface area contributed by atoms with Crippen molar-refractivity contribution >= 4 is 33.3 Å². The first kappa shape index (κ1) is 10.3. The van der Waals surface area contributed by atoms with Crippen LogP contribution in [0.15, 0.2) is 29.8 Å². The third kappa shape index (κ3) is 4.23. The van der Waals surface area contributed by atoms with Crippen molar-refractivity contribution in [3.8, 4) is 0 Å². The van der Waals surface area contributed by atoms with Crippen LogP contribution in [0, 0.1) is 5.82 Å². The maximum absolute atomic E-state index is 13.8. The lowest BCUT2D eigenvalue weighted by Gasteiger charge is -2.24. The molecule has 0 amide bonds. The molecule has 23 heavy (non-hydrogen) atoms. The predicted molar refractivity (Wildman–Crippen MR) is 86.3 cm³/mol. The number of hydrogen-bond donors (Lipinski definition) is 1. The number of nitrogens with one attached hydrogen (secondary N) is 1. The molecule has 1 aliphatic carbocycles. The van der Waals surface area contributed by atoms with E-state index >= 15 is 0 Å². The van der Waals surface area contributed by atoms with Gasteiger partial charge >= 0.3 is 5.97 Å². The molecule has 0 bridgehead atoms. The molecule has 0 heterocycles. The van der Waals surface area contributed by atoms with Crippen LogP contribution in [0.5, 0.6) is 0 Å². The highest BCUT2D eigenvalue weighted by Gasteiger charge is 2.35. The van der Waals surface area contributed by atoms with Crippen molar-refractivity contribution in [2.45, 2.75) is 31.3 Å². The van der Waals surface area contributed by atoms with Crippen molar-refractivity contribution in [1.29, 1.82) is 0 Å². The van der Waals surface area contributed by atoms with E-state index < -0.39 is 80.6 Å². The number of esters is 1. The van der Waals surface area contributed by atoms with Crippen molar-refractivity contribution in [3.05, 3.63) is 40.6 Å². The van der Waals surface area contributed by atoms with Gasteiger partial charge < -0.3 is 4.74 Å². The minimum Gasteiger partial charge on any atom is -0.463 e. The third-order valence-corrected chi connectivity index (χ3v) is 4.54. The van der Waals surface area contributed by atoms with Crippen LogP contribution >= 0.6 is 11.6 Å². The van der Waals surface area contributed by atoms with Crippen molar-refractivity contribution in [2.75, 3.05) is 11.3 Å². The molecule has 2 rings (SSSR count). The number of carbonyl (C=O) groups is 1. The monoisotopic (exact) mass is 368 g/mol. The molecule has 5 nitrogen and oxygen atoms in total. The van der Waals surface area contributed by atoms with Gasteiger partial charge in [-0.3, -0.25) is 4.72 Å². The van der Waals surface area contributed by atoms with Gasteiger partial charge in [0.05, 0.1) is 27.0 Å². The number of carbonyl (C=O) groups excluding carboxylic acids is 1. The van der Waals surface area contributed by atoms with Gasteiger partial charge in [-0.2, -0.15) is 0 Å². The largest absolute Gasteiger partial charge is 0.463 e. The van der Waals surface area contributed by atoms with Crippen molar-refractivity contribution in [3.63, 3.8) is 0 Å². The van der Waals surface area contributed by atoms with Gasteiger partial charge in [0, 0.05) is 5.48 Å². The fourth-order valence-corrected chi connectivity index (χ4v) is 3.38. The molecule has 0 saturated heterocycles. The van der Waals surface area contributed by atoms with Gasteiger partial charge in [0.2, 0.25) is 10.0 Å². The van der Waals surface area contributed by atoms with Crippen LogP contribution in [0.1, 0.15) is 35.7 Å². The van der Waals surface area contributed by atoms with Crippen LogP contribution in [-0.2, 0) is 19.6 Å². The molecule has 1 atom stereocenters. The standard InChI is InChI=1S/C15H17ClFNO4S/c1-2-22-15(19)11-5-3-4-6-14(11)23(20,21)18-13-8-7-10(17)9-12(13)16/h5,7-9,14,18H,2-4,6H2,1H3/t14-/m1/s1/i3D2,6D2,7D,8D,9D. The quantitative estimate of drug-likeness (QED) is 0.809. The molecule has 0 radical (unpaired) electrons. The fraction of sp³-hybridized carbons (Fsp3) is 0.400. The summed E-state index contributed by atoms with van der Waals surface area (Å²) < 4.78 is 101. The highest BCUT2D eigenvalue weighted by molar-refractivity contribution is 7.93. The molecular weight excluding hydrogens is 345 g/mol. The summed E-state index contributed by atoms with van der Waals surface area (Å²) in [5.74, 6) is -2.69. The van der Waals surface area contributed by atoms with Gasteiger partial charge in [0.15, 0.2) is 0 Å². The zero-order valence-electron chi connectivity index (χ0n) is 18.9. The summed E-state index contributed by atoms with van der Waals surface area (Å²) in [5, 5.41) is -3.10. The zero-order valence-corrected chi connectivity index (χ0v) is 13.4. The molecule has 0 saturated carbocycles. The summed E-state index contributed by atoms with van der Waals surface area (Å²) in [6.07, 6.45) is -5.40. The maximum Gasteiger partial charge on any atom is 0.335 e. The van der Waals surface area contributed by atoms with Crippen LogP contribution in [0.25, 0.3) is 0 Å². The van der Waals surface area contributed by atoms with Crippen LogP contribution in [0.3, 0.4) is 0 Å². The molecule has 126 valence electrons. The van der Waals surface area contributed by atoms with E-state index in [0.717, 1.165) is 0 Å².